The summed E-state index contributed by atoms with van der Waals surface area (Å²) in [6.45, 7) is 16.9. The topological polar surface area (TPSA) is 193 Å². The van der Waals surface area contributed by atoms with Crippen molar-refractivity contribution in [2.75, 3.05) is 6.61 Å². The van der Waals surface area contributed by atoms with E-state index < -0.39 is 71.2 Å². The minimum Gasteiger partial charge on any atom is -0.460 e. The van der Waals surface area contributed by atoms with E-state index in [1.165, 1.54) is 18.6 Å². The first kappa shape index (κ1) is 42.0. The number of aromatic nitrogens is 2. The molecule has 0 aliphatic carbocycles. The van der Waals surface area contributed by atoms with Crippen molar-refractivity contribution in [3.8, 4) is 0 Å². The Hall–Kier alpha value is -5.21. The maximum absolute atomic E-state index is 13.8. The monoisotopic (exact) mass is 713 g/mol. The van der Waals surface area contributed by atoms with E-state index in [9.17, 15) is 28.8 Å². The Kier molecular flexibility index (Phi) is 15.8. The van der Waals surface area contributed by atoms with Gasteiger partial charge in [0.2, 0.25) is 11.8 Å². The summed E-state index contributed by atoms with van der Waals surface area (Å²) in [6.07, 6.45) is 1.70. The van der Waals surface area contributed by atoms with E-state index in [1.54, 1.807) is 79.7 Å². The molecule has 15 nitrogen and oxygen atoms in total. The minimum atomic E-state index is -1.36. The molecule has 15 heteroatoms. The van der Waals surface area contributed by atoms with E-state index in [0.29, 0.717) is 0 Å². The van der Waals surface area contributed by atoms with Crippen molar-refractivity contribution >= 4 is 35.9 Å². The lowest BCUT2D eigenvalue weighted by Crippen LogP contribution is -2.57. The summed E-state index contributed by atoms with van der Waals surface area (Å²) >= 11 is 0. The van der Waals surface area contributed by atoms with Crippen molar-refractivity contribution in [2.24, 2.45) is 5.92 Å². The van der Waals surface area contributed by atoms with Gasteiger partial charge < -0.3 is 34.9 Å². The van der Waals surface area contributed by atoms with Gasteiger partial charge in [-0.25, -0.2) is 23.9 Å². The van der Waals surface area contributed by atoms with Gasteiger partial charge in [-0.2, -0.15) is 0 Å². The zero-order valence-electron chi connectivity index (χ0n) is 30.6. The molecule has 2 rings (SSSR count). The number of nitrogens with zero attached hydrogens (tertiary/aromatic N) is 2. The van der Waals surface area contributed by atoms with Crippen LogP contribution in [0.2, 0.25) is 0 Å². The molecule has 3 N–H and O–H groups in total. The first-order valence-corrected chi connectivity index (χ1v) is 16.6. The molecule has 0 aliphatic rings. The molecule has 0 saturated carbocycles. The van der Waals surface area contributed by atoms with Gasteiger partial charge in [0.25, 0.3) is 0 Å². The number of hydrogen-bond acceptors (Lipinski definition) is 11. The number of rotatable bonds is 16. The van der Waals surface area contributed by atoms with Crippen LogP contribution in [0.15, 0.2) is 55.5 Å². The molecule has 0 saturated heterocycles. The van der Waals surface area contributed by atoms with Gasteiger partial charge in [-0.15, -0.1) is 0 Å². The van der Waals surface area contributed by atoms with Gasteiger partial charge in [0, 0.05) is 19.0 Å². The maximum atomic E-state index is 13.8. The number of imidazole rings is 1. The average molecular weight is 714 g/mol. The van der Waals surface area contributed by atoms with Crippen molar-refractivity contribution < 1.29 is 47.7 Å². The Morgan fingerprint density at radius 3 is 2.08 bits per heavy atom. The molecule has 0 radical (unpaired) electrons. The lowest BCUT2D eigenvalue weighted by Gasteiger charge is -2.26. The van der Waals surface area contributed by atoms with E-state index in [4.69, 9.17) is 18.9 Å². The van der Waals surface area contributed by atoms with Gasteiger partial charge >= 0.3 is 24.1 Å². The highest BCUT2D eigenvalue weighted by Crippen LogP contribution is 2.13. The van der Waals surface area contributed by atoms with Crippen LogP contribution in [-0.4, -0.2) is 81.4 Å². The van der Waals surface area contributed by atoms with Gasteiger partial charge in [-0.3, -0.25) is 14.4 Å². The van der Waals surface area contributed by atoms with E-state index in [1.807, 2.05) is 6.07 Å². The van der Waals surface area contributed by atoms with E-state index in [0.717, 1.165) is 10.1 Å². The van der Waals surface area contributed by atoms with Gasteiger partial charge in [-0.1, -0.05) is 56.8 Å². The molecule has 2 aromatic rings. The second-order valence-corrected chi connectivity index (χ2v) is 14.1. The first-order valence-electron chi connectivity index (χ1n) is 16.6. The Bertz CT molecular complexity index is 1510. The van der Waals surface area contributed by atoms with Crippen molar-refractivity contribution in [1.82, 2.24) is 25.5 Å². The number of alkyl carbamates (subject to hydrolysis) is 1. The molecule has 1 aromatic heterocycles. The Balaban J connectivity index is 2.28. The van der Waals surface area contributed by atoms with Crippen LogP contribution >= 0.6 is 0 Å². The number of benzene rings is 1. The largest absolute Gasteiger partial charge is 0.460 e. The van der Waals surface area contributed by atoms with Crippen LogP contribution in [0, 0.1) is 5.92 Å². The lowest BCUT2D eigenvalue weighted by atomic mass is 10.0. The van der Waals surface area contributed by atoms with E-state index in [2.05, 4.69) is 27.5 Å². The smallest absolute Gasteiger partial charge is 0.419 e. The van der Waals surface area contributed by atoms with Gasteiger partial charge in [0.1, 0.15) is 48.9 Å². The van der Waals surface area contributed by atoms with Crippen molar-refractivity contribution in [2.45, 2.75) is 111 Å². The molecular weight excluding hydrogens is 662 g/mol. The third-order valence-electron chi connectivity index (χ3n) is 6.72. The standard InChI is InChI=1S/C36H51N5O10/c1-10-18-48-32(45)27(19-25-20-41(22-37-25)34(47)51-36(7,8)9)39-30(43)26(16-17-28(42)50-35(4,5)6)38-31(44)29(23(2)3)40-33(46)49-21-24-14-12-11-13-15-24/h10-15,20,22-23,26-27,29H,1,16-19,21H2,2-9H3,(H,38,44)(H,39,43)(H,40,46)/t26-,27-,29-/m0/s1. The molecule has 0 aliphatic heterocycles. The maximum Gasteiger partial charge on any atom is 0.419 e. The molecular formula is C36H51N5O10. The predicted octanol–water partition coefficient (Wildman–Crippen LogP) is 3.98. The molecule has 0 fully saturated rings. The molecule has 0 unspecified atom stereocenters. The van der Waals surface area contributed by atoms with Gasteiger partial charge in [-0.05, 0) is 59.4 Å². The number of amides is 3. The fourth-order valence-corrected chi connectivity index (χ4v) is 4.41. The molecule has 1 heterocycles. The van der Waals surface area contributed by atoms with Crippen LogP contribution < -0.4 is 16.0 Å². The second kappa shape index (κ2) is 19.3. The third kappa shape index (κ3) is 15.9. The Morgan fingerprint density at radius 2 is 1.49 bits per heavy atom. The summed E-state index contributed by atoms with van der Waals surface area (Å²) in [5.41, 5.74) is -0.574. The highest BCUT2D eigenvalue weighted by Gasteiger charge is 2.33. The molecule has 0 bridgehead atoms. The Morgan fingerprint density at radius 1 is 0.863 bits per heavy atom. The minimum absolute atomic E-state index is 0.0284. The summed E-state index contributed by atoms with van der Waals surface area (Å²) in [5.74, 6) is -3.45. The average Bonchev–Trinajstić information content (AvgIpc) is 3.50. The van der Waals surface area contributed by atoms with Crippen LogP contribution in [0.5, 0.6) is 0 Å². The number of nitrogens with one attached hydrogen (secondary N) is 3. The van der Waals surface area contributed by atoms with Crippen molar-refractivity contribution in [3.05, 3.63) is 66.8 Å². The number of hydrogen-bond donors (Lipinski definition) is 3. The summed E-state index contributed by atoms with van der Waals surface area (Å²) in [4.78, 5) is 82.4. The van der Waals surface area contributed by atoms with Crippen LogP contribution in [0.4, 0.5) is 9.59 Å². The molecule has 1 aromatic carbocycles. The number of carbonyl (C=O) groups excluding carboxylic acids is 6. The van der Waals surface area contributed by atoms with Crippen molar-refractivity contribution in [1.29, 1.82) is 0 Å². The highest BCUT2D eigenvalue weighted by molar-refractivity contribution is 5.93. The van der Waals surface area contributed by atoms with E-state index >= 15 is 0 Å². The first-order chi connectivity index (χ1) is 23.8. The van der Waals surface area contributed by atoms with Gasteiger partial charge in [0.05, 0.1) is 5.69 Å². The summed E-state index contributed by atoms with van der Waals surface area (Å²) < 4.78 is 22.3. The number of carbonyl (C=O) groups is 6. The third-order valence-corrected chi connectivity index (χ3v) is 6.72. The van der Waals surface area contributed by atoms with Gasteiger partial charge in [0.15, 0.2) is 0 Å². The van der Waals surface area contributed by atoms with Crippen molar-refractivity contribution in [3.63, 3.8) is 0 Å². The fraction of sp³-hybridized carbons (Fsp3) is 0.528. The van der Waals surface area contributed by atoms with Crippen LogP contribution in [0.1, 0.15) is 79.5 Å². The predicted molar refractivity (Wildman–Crippen MR) is 186 cm³/mol. The number of esters is 2. The van der Waals surface area contributed by atoms with Crippen LogP contribution in [0.3, 0.4) is 0 Å². The zero-order valence-corrected chi connectivity index (χ0v) is 30.6. The summed E-state index contributed by atoms with van der Waals surface area (Å²) in [6, 6.07) is 5.16. The summed E-state index contributed by atoms with van der Waals surface area (Å²) in [5, 5.41) is 7.73. The molecule has 3 atom stereocenters. The summed E-state index contributed by atoms with van der Waals surface area (Å²) in [7, 11) is 0. The highest BCUT2D eigenvalue weighted by atomic mass is 16.6. The molecule has 3 amide bonds. The molecule has 51 heavy (non-hydrogen) atoms. The van der Waals surface area contributed by atoms with Crippen LogP contribution in [0.25, 0.3) is 0 Å². The van der Waals surface area contributed by atoms with E-state index in [-0.39, 0.29) is 38.2 Å². The van der Waals surface area contributed by atoms with Crippen LogP contribution in [-0.2, 0) is 51.2 Å². The molecule has 0 spiro atoms. The second-order valence-electron chi connectivity index (χ2n) is 14.1. The zero-order chi connectivity index (χ0) is 38.4. The SMILES string of the molecule is C=CCOC(=O)[C@H](Cc1cn(C(=O)OC(C)(C)C)cn1)NC(=O)[C@H](CCC(=O)OC(C)(C)C)NC(=O)[C@@H](NC(=O)OCc1ccccc1)C(C)C. The quantitative estimate of drug-likeness (QED) is 0.129. The number of ether oxygens (including phenoxy) is 4. The lowest BCUT2D eigenvalue weighted by molar-refractivity contribution is -0.155. The normalized spacial score (nSPS) is 13.2. The Labute approximate surface area is 298 Å². The molecule has 280 valence electrons. The fourth-order valence-electron chi connectivity index (χ4n) is 4.41.